The summed E-state index contributed by atoms with van der Waals surface area (Å²) < 4.78 is 26.4. The number of imidazole rings is 1. The minimum Gasteiger partial charge on any atom is -0.334 e. The molecule has 1 aromatic rings. The number of hydrogen-bond donors (Lipinski definition) is 0. The second kappa shape index (κ2) is 6.29. The van der Waals surface area contributed by atoms with Crippen molar-refractivity contribution in [1.29, 1.82) is 0 Å². The third-order valence-corrected chi connectivity index (χ3v) is 6.60. The Morgan fingerprint density at radius 2 is 1.86 bits per heavy atom. The third kappa shape index (κ3) is 3.07. The van der Waals surface area contributed by atoms with E-state index in [4.69, 9.17) is 0 Å². The maximum absolute atomic E-state index is 12.1. The maximum atomic E-state index is 12.1. The van der Waals surface area contributed by atoms with Crippen molar-refractivity contribution in [3.63, 3.8) is 0 Å². The fraction of sp³-hybridized carbons (Fsp3) is 0.800. The standard InChI is InChI=1S/C15H26N4O2S/c1-3-6-18-8-9-19(10-15-16-5-7-17(15)4-2)14-12-22(20,21)11-13(14)18/h5,7,13-14H,3-4,6,8-12H2,1-2H3/t13-,14+/m1/s1. The molecular weight excluding hydrogens is 300 g/mol. The molecule has 0 aromatic carbocycles. The monoisotopic (exact) mass is 326 g/mol. The van der Waals surface area contributed by atoms with Crippen LogP contribution in [0.5, 0.6) is 0 Å². The van der Waals surface area contributed by atoms with E-state index in [1.54, 1.807) is 0 Å². The molecule has 0 bridgehead atoms. The van der Waals surface area contributed by atoms with E-state index in [-0.39, 0.29) is 12.1 Å². The molecule has 124 valence electrons. The lowest BCUT2D eigenvalue weighted by Crippen LogP contribution is -2.58. The lowest BCUT2D eigenvalue weighted by atomic mass is 10.0. The van der Waals surface area contributed by atoms with Gasteiger partial charge in [0.15, 0.2) is 9.84 Å². The Morgan fingerprint density at radius 1 is 1.18 bits per heavy atom. The van der Waals surface area contributed by atoms with Crippen LogP contribution in [0.3, 0.4) is 0 Å². The number of sulfone groups is 1. The zero-order valence-electron chi connectivity index (χ0n) is 13.5. The minimum atomic E-state index is -2.92. The van der Waals surface area contributed by atoms with Crippen molar-refractivity contribution in [2.45, 2.75) is 45.4 Å². The molecule has 0 N–H and O–H groups in total. The minimum absolute atomic E-state index is 0.118. The second-order valence-electron chi connectivity index (χ2n) is 6.35. The van der Waals surface area contributed by atoms with E-state index < -0.39 is 9.84 Å². The van der Waals surface area contributed by atoms with E-state index in [0.717, 1.165) is 45.0 Å². The van der Waals surface area contributed by atoms with Crippen LogP contribution in [0, 0.1) is 0 Å². The average Bonchev–Trinajstić information content (AvgIpc) is 3.04. The van der Waals surface area contributed by atoms with E-state index in [9.17, 15) is 8.42 Å². The fourth-order valence-electron chi connectivity index (χ4n) is 3.82. The Kier molecular flexibility index (Phi) is 4.56. The van der Waals surface area contributed by atoms with Crippen LogP contribution in [0.2, 0.25) is 0 Å². The first-order chi connectivity index (χ1) is 10.5. The molecule has 2 aliphatic rings. The third-order valence-electron chi connectivity index (χ3n) is 4.90. The lowest BCUT2D eigenvalue weighted by molar-refractivity contribution is 0.0384. The first kappa shape index (κ1) is 16.0. The van der Waals surface area contributed by atoms with Gasteiger partial charge in [0, 0.05) is 44.1 Å². The van der Waals surface area contributed by atoms with Gasteiger partial charge in [-0.05, 0) is 19.9 Å². The number of piperazine rings is 1. The summed E-state index contributed by atoms with van der Waals surface area (Å²) in [5.74, 6) is 1.65. The number of fused-ring (bicyclic) bond motifs is 1. The van der Waals surface area contributed by atoms with Gasteiger partial charge in [-0.1, -0.05) is 6.92 Å². The van der Waals surface area contributed by atoms with Crippen LogP contribution in [0.25, 0.3) is 0 Å². The number of aryl methyl sites for hydroxylation is 1. The van der Waals surface area contributed by atoms with Crippen molar-refractivity contribution in [3.05, 3.63) is 18.2 Å². The fourth-order valence-corrected chi connectivity index (χ4v) is 5.86. The molecule has 0 amide bonds. The largest absolute Gasteiger partial charge is 0.334 e. The molecule has 0 saturated carbocycles. The molecule has 0 unspecified atom stereocenters. The highest BCUT2D eigenvalue weighted by molar-refractivity contribution is 7.91. The quantitative estimate of drug-likeness (QED) is 0.793. The molecule has 2 aliphatic heterocycles. The molecule has 0 radical (unpaired) electrons. The first-order valence-corrected chi connectivity index (χ1v) is 10.0. The molecule has 3 heterocycles. The van der Waals surface area contributed by atoms with Crippen molar-refractivity contribution in [3.8, 4) is 0 Å². The van der Waals surface area contributed by atoms with Gasteiger partial charge >= 0.3 is 0 Å². The highest BCUT2D eigenvalue weighted by Crippen LogP contribution is 2.28. The molecule has 0 spiro atoms. The molecule has 3 rings (SSSR count). The summed E-state index contributed by atoms with van der Waals surface area (Å²) in [7, 11) is -2.92. The second-order valence-corrected chi connectivity index (χ2v) is 8.50. The smallest absolute Gasteiger partial charge is 0.153 e. The lowest BCUT2D eigenvalue weighted by Gasteiger charge is -2.43. The summed E-state index contributed by atoms with van der Waals surface area (Å²) >= 11 is 0. The van der Waals surface area contributed by atoms with Crippen LogP contribution in [-0.2, 0) is 22.9 Å². The van der Waals surface area contributed by atoms with Crippen LogP contribution < -0.4 is 0 Å². The van der Waals surface area contributed by atoms with E-state index in [0.29, 0.717) is 11.5 Å². The Labute approximate surface area is 133 Å². The van der Waals surface area contributed by atoms with Gasteiger partial charge in [0.05, 0.1) is 18.1 Å². The Bertz CT molecular complexity index is 613. The summed E-state index contributed by atoms with van der Waals surface area (Å²) in [5.41, 5.74) is 0. The van der Waals surface area contributed by atoms with E-state index >= 15 is 0 Å². The van der Waals surface area contributed by atoms with Crippen LogP contribution in [-0.4, -0.2) is 71.0 Å². The summed E-state index contributed by atoms with van der Waals surface area (Å²) in [5, 5.41) is 0. The number of hydrogen-bond acceptors (Lipinski definition) is 5. The molecule has 2 saturated heterocycles. The SMILES string of the molecule is CCCN1CCN(Cc2nccn2CC)[C@H]2CS(=O)(=O)C[C@H]21. The molecule has 6 nitrogen and oxygen atoms in total. The Hall–Kier alpha value is -0.920. The van der Waals surface area contributed by atoms with Crippen molar-refractivity contribution in [2.75, 3.05) is 31.1 Å². The van der Waals surface area contributed by atoms with Gasteiger partial charge in [-0.2, -0.15) is 0 Å². The molecule has 1 aromatic heterocycles. The molecular formula is C15H26N4O2S. The zero-order chi connectivity index (χ0) is 15.7. The molecule has 7 heteroatoms. The van der Waals surface area contributed by atoms with Crippen LogP contribution in [0.15, 0.2) is 12.4 Å². The van der Waals surface area contributed by atoms with Crippen molar-refractivity contribution in [2.24, 2.45) is 0 Å². The van der Waals surface area contributed by atoms with Gasteiger partial charge in [-0.15, -0.1) is 0 Å². The zero-order valence-corrected chi connectivity index (χ0v) is 14.3. The van der Waals surface area contributed by atoms with Gasteiger partial charge < -0.3 is 4.57 Å². The van der Waals surface area contributed by atoms with Crippen molar-refractivity contribution >= 4 is 9.84 Å². The van der Waals surface area contributed by atoms with Gasteiger partial charge in [-0.25, -0.2) is 13.4 Å². The van der Waals surface area contributed by atoms with Crippen molar-refractivity contribution < 1.29 is 8.42 Å². The Morgan fingerprint density at radius 3 is 2.55 bits per heavy atom. The highest BCUT2D eigenvalue weighted by Gasteiger charge is 2.46. The first-order valence-electron chi connectivity index (χ1n) is 8.22. The van der Waals surface area contributed by atoms with Crippen LogP contribution >= 0.6 is 0 Å². The van der Waals surface area contributed by atoms with Gasteiger partial charge in [-0.3, -0.25) is 9.80 Å². The van der Waals surface area contributed by atoms with Gasteiger partial charge in [0.1, 0.15) is 5.82 Å². The summed E-state index contributed by atoms with van der Waals surface area (Å²) in [4.78, 5) is 9.15. The number of rotatable bonds is 5. The molecule has 0 aliphatic carbocycles. The molecule has 2 fully saturated rings. The van der Waals surface area contributed by atoms with E-state index in [1.807, 2.05) is 12.4 Å². The number of aromatic nitrogens is 2. The highest BCUT2D eigenvalue weighted by atomic mass is 32.2. The van der Waals surface area contributed by atoms with Gasteiger partial charge in [0.2, 0.25) is 0 Å². The average molecular weight is 326 g/mol. The molecule has 22 heavy (non-hydrogen) atoms. The van der Waals surface area contributed by atoms with Crippen LogP contribution in [0.4, 0.5) is 0 Å². The van der Waals surface area contributed by atoms with E-state index in [1.165, 1.54) is 0 Å². The predicted molar refractivity (Wildman–Crippen MR) is 86.4 cm³/mol. The van der Waals surface area contributed by atoms with Gasteiger partial charge in [0.25, 0.3) is 0 Å². The summed E-state index contributed by atoms with van der Waals surface area (Å²) in [6.45, 7) is 8.78. The summed E-state index contributed by atoms with van der Waals surface area (Å²) in [6, 6.07) is 0.274. The topological polar surface area (TPSA) is 58.4 Å². The molecule has 2 atom stereocenters. The normalized spacial score (nSPS) is 28.8. The number of nitrogens with zero attached hydrogens (tertiary/aromatic N) is 4. The summed E-state index contributed by atoms with van der Waals surface area (Å²) in [6.07, 6.45) is 4.89. The maximum Gasteiger partial charge on any atom is 0.153 e. The predicted octanol–water partition coefficient (Wildman–Crippen LogP) is 0.596. The van der Waals surface area contributed by atoms with E-state index in [2.05, 4.69) is 33.2 Å². The Balaban J connectivity index is 1.79. The van der Waals surface area contributed by atoms with Crippen molar-refractivity contribution in [1.82, 2.24) is 19.4 Å². The van der Waals surface area contributed by atoms with Crippen LogP contribution in [0.1, 0.15) is 26.1 Å².